The van der Waals surface area contributed by atoms with E-state index in [-0.39, 0.29) is 49.5 Å². The van der Waals surface area contributed by atoms with Gasteiger partial charge in [-0.15, -0.1) is 0 Å². The molecule has 2 atom stereocenters. The normalized spacial score (nSPS) is 0. The van der Waals surface area contributed by atoms with E-state index >= 15 is 0 Å². The maximum absolute atomic E-state index is 0. The summed E-state index contributed by atoms with van der Waals surface area (Å²) in [5.41, 5.74) is 0. The molecule has 0 saturated carbocycles. The fourth-order valence-corrected chi connectivity index (χ4v) is 0. The molecule has 0 saturated heterocycles. The van der Waals surface area contributed by atoms with Gasteiger partial charge in [0.2, 0.25) is 0 Å². The van der Waals surface area contributed by atoms with Crippen LogP contribution in [0, 0.1) is 0 Å². The third-order valence-electron chi connectivity index (χ3n) is 0. The van der Waals surface area contributed by atoms with Crippen LogP contribution < -0.4 is 0 Å². The van der Waals surface area contributed by atoms with E-state index in [1.165, 1.54) is 0 Å². The molecule has 0 amide bonds. The van der Waals surface area contributed by atoms with Crippen molar-refractivity contribution in [2.45, 2.75) is 29.7 Å². The summed E-state index contributed by atoms with van der Waals surface area (Å²) in [4.78, 5) is 0. The molecule has 0 spiro atoms. The molecule has 0 aliphatic rings. The van der Waals surface area contributed by atoms with Crippen LogP contribution in [0.2, 0.25) is 0 Å². The average molecular weight is 132 g/mol. The van der Waals surface area contributed by atoms with Gasteiger partial charge >= 0.3 is 0 Å². The molecule has 48 valence electrons. The molecule has 2 heteroatoms. The van der Waals surface area contributed by atoms with Crippen molar-refractivity contribution in [3.8, 4) is 0 Å². The second-order valence-corrected chi connectivity index (χ2v) is 0. The van der Waals surface area contributed by atoms with Crippen LogP contribution in [0.15, 0.2) is 0 Å². The van der Waals surface area contributed by atoms with E-state index in [2.05, 4.69) is 0 Å². The van der Waals surface area contributed by atoms with Crippen LogP contribution >= 0.6 is 19.8 Å². The van der Waals surface area contributed by atoms with Gasteiger partial charge in [0.25, 0.3) is 0 Å². The zero-order valence-corrected chi connectivity index (χ0v) is 4.24. The first-order valence-electron chi connectivity index (χ1n) is 0. The van der Waals surface area contributed by atoms with E-state index in [9.17, 15) is 0 Å². The Hall–Kier alpha value is 0.860. The molecule has 0 aliphatic carbocycles. The van der Waals surface area contributed by atoms with Crippen molar-refractivity contribution in [1.82, 2.24) is 0 Å². The minimum Gasteiger partial charge on any atom is -0.153 e. The Morgan fingerprint density at radius 3 is 0.333 bits per heavy atom. The highest BCUT2D eigenvalue weighted by Gasteiger charge is -0.0745. The van der Waals surface area contributed by atoms with Gasteiger partial charge < -0.3 is 0 Å². The third-order valence-corrected chi connectivity index (χ3v) is 0. The van der Waals surface area contributed by atoms with Crippen LogP contribution in [0.4, 0.5) is 0 Å². The van der Waals surface area contributed by atoms with Gasteiger partial charge in [-0.3, -0.25) is 0 Å². The molecule has 0 heterocycles. The van der Waals surface area contributed by atoms with Crippen LogP contribution in [-0.4, -0.2) is 0 Å². The Morgan fingerprint density at radius 1 is 0.333 bits per heavy atom. The second kappa shape index (κ2) is 187. The highest BCUT2D eigenvalue weighted by Crippen LogP contribution is 0.862. The highest BCUT2D eigenvalue weighted by atomic mass is 31.0. The van der Waals surface area contributed by atoms with E-state index in [1.807, 2.05) is 0 Å². The van der Waals surface area contributed by atoms with Gasteiger partial charge in [0.05, 0.1) is 0 Å². The highest BCUT2D eigenvalue weighted by molar-refractivity contribution is 6.92. The average Bonchev–Trinajstić information content (AvgIpc) is 0. The molecule has 0 bridgehead atoms. The molecule has 0 aromatic rings. The van der Waals surface area contributed by atoms with Crippen molar-refractivity contribution in [2.24, 2.45) is 0 Å². The Bertz CT molecular complexity index is 5.51. The van der Waals surface area contributed by atoms with Gasteiger partial charge in [0.1, 0.15) is 0 Å². The molecule has 0 aliphatic heterocycles. The molecular weight excluding hydrogens is 110 g/mol. The topological polar surface area (TPSA) is 0 Å². The Balaban J connectivity index is 0. The van der Waals surface area contributed by atoms with Crippen molar-refractivity contribution in [3.05, 3.63) is 0 Å². The lowest BCUT2D eigenvalue weighted by Crippen LogP contribution is 0.143. The summed E-state index contributed by atoms with van der Waals surface area (Å²) in [7, 11) is 0. The van der Waals surface area contributed by atoms with E-state index in [4.69, 9.17) is 0 Å². The van der Waals surface area contributed by atoms with Crippen molar-refractivity contribution in [1.29, 1.82) is 0 Å². The van der Waals surface area contributed by atoms with Crippen molar-refractivity contribution < 1.29 is 0 Å². The predicted octanol–water partition coefficient (Wildman–Crippen LogP) is 2.66. The minimum absolute atomic E-state index is 0. The van der Waals surface area contributed by atoms with Gasteiger partial charge in [-0.05, 0) is 0 Å². The number of hydrogen-bond acceptors (Lipinski definition) is 0. The van der Waals surface area contributed by atoms with Gasteiger partial charge in [-0.2, -0.15) is 19.8 Å². The van der Waals surface area contributed by atoms with Crippen molar-refractivity contribution >= 4 is 19.8 Å². The second-order valence-electron chi connectivity index (χ2n) is 0. The minimum atomic E-state index is 0. The van der Waals surface area contributed by atoms with Gasteiger partial charge in [-0.1, -0.05) is 29.7 Å². The fraction of sp³-hybridized carbons (Fsp3) is 1.00. The van der Waals surface area contributed by atoms with Crippen LogP contribution in [-0.2, 0) is 0 Å². The van der Waals surface area contributed by atoms with Crippen LogP contribution in [0.5, 0.6) is 0 Å². The fourth-order valence-electron chi connectivity index (χ4n) is 0. The van der Waals surface area contributed by atoms with Gasteiger partial charge in [0.15, 0.2) is 0 Å². The SMILES string of the molecule is C.C.C.C.P.P. The van der Waals surface area contributed by atoms with Crippen molar-refractivity contribution in [2.75, 3.05) is 0 Å². The Labute approximate surface area is 50.4 Å². The maximum Gasteiger partial charge on any atom is -0.0776 e. The molecule has 0 rings (SSSR count). The number of hydrogen-bond donors (Lipinski definition) is 0. The molecular formula is C4H22P2. The molecule has 0 N–H and O–H groups in total. The molecule has 0 aromatic carbocycles. The summed E-state index contributed by atoms with van der Waals surface area (Å²) in [6.07, 6.45) is 0. The smallest absolute Gasteiger partial charge is 0.0776 e. The van der Waals surface area contributed by atoms with Crippen LogP contribution in [0.25, 0.3) is 0 Å². The summed E-state index contributed by atoms with van der Waals surface area (Å²) >= 11 is 0. The quantitative estimate of drug-likeness (QED) is 0.444. The lowest BCUT2D eigenvalue weighted by molar-refractivity contribution is 2.50. The molecule has 6 heavy (non-hydrogen) atoms. The first-order valence-corrected chi connectivity index (χ1v) is 0. The molecule has 0 aromatic heterocycles. The first kappa shape index (κ1) is 319. The maximum atomic E-state index is 0. The largest absolute Gasteiger partial charge is 0.153 e. The van der Waals surface area contributed by atoms with E-state index < -0.39 is 0 Å². The molecule has 2 unspecified atom stereocenters. The van der Waals surface area contributed by atoms with Gasteiger partial charge in [0, 0.05) is 0 Å². The number of rotatable bonds is 0. The zero-order valence-electron chi connectivity index (χ0n) is 1.41. The van der Waals surface area contributed by atoms with E-state index in [0.29, 0.717) is 0 Å². The van der Waals surface area contributed by atoms with Gasteiger partial charge in [-0.25, -0.2) is 0 Å². The molecule has 0 nitrogen and oxygen atoms in total. The summed E-state index contributed by atoms with van der Waals surface area (Å²) in [5, 5.41) is 0. The van der Waals surface area contributed by atoms with E-state index in [1.54, 1.807) is 0 Å². The summed E-state index contributed by atoms with van der Waals surface area (Å²) < 4.78 is 0. The predicted molar refractivity (Wildman–Crippen MR) is 49.1 cm³/mol. The van der Waals surface area contributed by atoms with Crippen LogP contribution in [0.3, 0.4) is 0 Å². The Kier molecular flexibility index (Phi) is 9930. The molecule has 0 radical (unpaired) electrons. The summed E-state index contributed by atoms with van der Waals surface area (Å²) in [5.74, 6) is 0. The van der Waals surface area contributed by atoms with E-state index in [0.717, 1.165) is 0 Å². The lowest BCUT2D eigenvalue weighted by Gasteiger charge is -0.154. The standard InChI is InChI=1S/4CH4.2H3P/h4*1H4;2*1H3. The first-order chi connectivity index (χ1) is 0. The third kappa shape index (κ3) is 97.9. The van der Waals surface area contributed by atoms with Crippen molar-refractivity contribution in [3.63, 3.8) is 0 Å². The monoisotopic (exact) mass is 132 g/mol. The zero-order chi connectivity index (χ0) is 0. The van der Waals surface area contributed by atoms with Crippen LogP contribution in [0.1, 0.15) is 29.7 Å². The molecule has 0 fully saturated rings. The summed E-state index contributed by atoms with van der Waals surface area (Å²) in [6, 6.07) is 0. The Morgan fingerprint density at radius 2 is 0.333 bits per heavy atom. The lowest BCUT2D eigenvalue weighted by atomic mass is 12.0. The summed E-state index contributed by atoms with van der Waals surface area (Å²) in [6.45, 7) is 0.